The molecule has 6 aromatic carbocycles. The van der Waals surface area contributed by atoms with E-state index < -0.39 is 23.7 Å². The summed E-state index contributed by atoms with van der Waals surface area (Å²) in [5.41, 5.74) is 6.53. The van der Waals surface area contributed by atoms with Crippen LogP contribution in [-0.4, -0.2) is 0 Å². The zero-order valence-corrected chi connectivity index (χ0v) is 34.1. The van der Waals surface area contributed by atoms with Crippen LogP contribution in [0.5, 0.6) is 34.5 Å². The fourth-order valence-electron chi connectivity index (χ4n) is 5.70. The molecule has 280 valence electrons. The van der Waals surface area contributed by atoms with Crippen LogP contribution in [0, 0.1) is 41.5 Å². The first kappa shape index (κ1) is 37.4. The van der Waals surface area contributed by atoms with Gasteiger partial charge in [0.25, 0.3) is 0 Å². The summed E-state index contributed by atoms with van der Waals surface area (Å²) in [5, 5.41) is 0. The third-order valence-corrected chi connectivity index (χ3v) is 19.0. The zero-order valence-electron chi connectivity index (χ0n) is 31.2. The normalized spacial score (nSPS) is 18.3. The third kappa shape index (κ3) is 8.90. The van der Waals surface area contributed by atoms with E-state index in [-0.39, 0.29) is 0 Å². The maximum absolute atomic E-state index is 7.11. The Morgan fingerprint density at radius 1 is 0.407 bits per heavy atom. The van der Waals surface area contributed by atoms with Crippen LogP contribution in [0.2, 0.25) is 0 Å². The first-order valence-corrected chi connectivity index (χ1v) is 22.9. The van der Waals surface area contributed by atoms with Crippen LogP contribution in [0.3, 0.4) is 0 Å². The number of nitrogens with zero attached hydrogens (tertiary/aromatic N) is 1. The summed E-state index contributed by atoms with van der Waals surface area (Å²) in [6.45, 7) is 12.3. The average molecular weight is 782 g/mol. The van der Waals surface area contributed by atoms with Gasteiger partial charge in [0.05, 0.1) is 0 Å². The molecule has 9 nitrogen and oxygen atoms in total. The topological polar surface area (TPSA) is 91.8 Å². The molecule has 1 atom stereocenters. The molecule has 1 aliphatic heterocycles. The molecule has 0 bridgehead atoms. The fourth-order valence-corrected chi connectivity index (χ4v) is 17.2. The summed E-state index contributed by atoms with van der Waals surface area (Å²) in [5.74, 6) is 3.27. The summed E-state index contributed by atoms with van der Waals surface area (Å²) in [7, 11) is -12.1. The van der Waals surface area contributed by atoms with Crippen molar-refractivity contribution in [2.45, 2.75) is 41.5 Å². The van der Waals surface area contributed by atoms with Crippen LogP contribution in [0.15, 0.2) is 150 Å². The van der Waals surface area contributed by atoms with Crippen molar-refractivity contribution < 1.29 is 27.1 Å². The summed E-state index contributed by atoms with van der Waals surface area (Å²) >= 11 is 0. The van der Waals surface area contributed by atoms with Gasteiger partial charge in [-0.3, -0.25) is 0 Å². The average Bonchev–Trinajstić information content (AvgIpc) is 3.14. The van der Waals surface area contributed by atoms with Crippen LogP contribution >= 0.6 is 23.7 Å². The summed E-state index contributed by atoms with van der Waals surface area (Å²) < 4.78 is 47.7. The van der Waals surface area contributed by atoms with E-state index in [0.29, 0.717) is 34.5 Å². The molecule has 1 heterocycles. The SMILES string of the molecule is Cc1ccc(OP2(Oc3ccccc3)=N[PH](Oc3ccccc3)(Oc3ccc(C)c(C)c3)N[PH](Oc3ccccc3)(Oc3ccc(C)c(C)c3)N2)cc1C. The molecule has 0 aromatic heterocycles. The van der Waals surface area contributed by atoms with Crippen LogP contribution < -0.4 is 36.9 Å². The van der Waals surface area contributed by atoms with Crippen molar-refractivity contribution in [3.63, 3.8) is 0 Å². The van der Waals surface area contributed by atoms with Gasteiger partial charge in [0.1, 0.15) is 0 Å². The Hall–Kier alpha value is -4.87. The predicted molar refractivity (Wildman–Crippen MR) is 223 cm³/mol. The van der Waals surface area contributed by atoms with Crippen LogP contribution in [0.1, 0.15) is 33.4 Å². The standard InChI is InChI=1S/C42H46N3O6P3/c1-31-22-25-40(28-34(31)4)49-52(46-37-16-10-7-11-17-37)43-53(47-38-18-12-8-13-19-38,50-41-26-23-32(2)35(5)29-41)45-54(44-52,48-39-20-14-9-15-21-39)51-42-27-24-33(3)36(6)30-42/h7-30,43-44,52-53H,1-6H3. The molecule has 0 amide bonds. The Labute approximate surface area is 319 Å². The summed E-state index contributed by atoms with van der Waals surface area (Å²) in [4.78, 5) is 7.32. The second kappa shape index (κ2) is 15.8. The molecular formula is C42H46N3O6P3. The quantitative estimate of drug-likeness (QED) is 0.119. The Balaban J connectivity index is 1.51. The van der Waals surface area contributed by atoms with Gasteiger partial charge in [0, 0.05) is 0 Å². The Morgan fingerprint density at radius 2 is 0.796 bits per heavy atom. The molecule has 12 heteroatoms. The van der Waals surface area contributed by atoms with Gasteiger partial charge in [0.2, 0.25) is 0 Å². The van der Waals surface area contributed by atoms with E-state index in [4.69, 9.17) is 31.7 Å². The van der Waals surface area contributed by atoms with Crippen molar-refractivity contribution in [3.05, 3.63) is 179 Å². The van der Waals surface area contributed by atoms with Crippen molar-refractivity contribution in [1.29, 1.82) is 0 Å². The molecule has 7 rings (SSSR count). The number of aryl methyl sites for hydroxylation is 6. The number of benzene rings is 6. The molecular weight excluding hydrogens is 735 g/mol. The van der Waals surface area contributed by atoms with Gasteiger partial charge in [-0.1, -0.05) is 0 Å². The van der Waals surface area contributed by atoms with E-state index >= 15 is 0 Å². The van der Waals surface area contributed by atoms with E-state index in [9.17, 15) is 0 Å². The fraction of sp³-hybridized carbons (Fsp3) is 0.143. The van der Waals surface area contributed by atoms with E-state index in [1.54, 1.807) is 0 Å². The van der Waals surface area contributed by atoms with Crippen LogP contribution in [-0.2, 0) is 0 Å². The minimum atomic E-state index is -4.22. The molecule has 0 radical (unpaired) electrons. The second-order valence-electron chi connectivity index (χ2n) is 13.3. The molecule has 0 saturated carbocycles. The van der Waals surface area contributed by atoms with Crippen LogP contribution in [0.4, 0.5) is 0 Å². The molecule has 0 saturated heterocycles. The monoisotopic (exact) mass is 781 g/mol. The van der Waals surface area contributed by atoms with Crippen molar-refractivity contribution >= 4 is 23.7 Å². The first-order valence-electron chi connectivity index (χ1n) is 17.7. The molecule has 0 spiro atoms. The Morgan fingerprint density at radius 3 is 1.31 bits per heavy atom. The summed E-state index contributed by atoms with van der Waals surface area (Å²) in [6, 6.07) is 46.2. The van der Waals surface area contributed by atoms with Crippen molar-refractivity contribution in [2.24, 2.45) is 4.52 Å². The zero-order chi connectivity index (χ0) is 37.8. The van der Waals surface area contributed by atoms with Gasteiger partial charge in [-0.2, -0.15) is 0 Å². The summed E-state index contributed by atoms with van der Waals surface area (Å²) in [6.07, 6.45) is 0. The number of para-hydroxylation sites is 3. The van der Waals surface area contributed by atoms with E-state index in [2.05, 4.69) is 30.5 Å². The van der Waals surface area contributed by atoms with E-state index in [1.165, 1.54) is 0 Å². The molecule has 54 heavy (non-hydrogen) atoms. The van der Waals surface area contributed by atoms with Gasteiger partial charge in [0.15, 0.2) is 0 Å². The van der Waals surface area contributed by atoms with Gasteiger partial charge in [-0.05, 0) is 0 Å². The number of hydrogen-bond acceptors (Lipinski definition) is 9. The molecule has 1 aliphatic rings. The predicted octanol–water partition coefficient (Wildman–Crippen LogP) is 12.3. The van der Waals surface area contributed by atoms with E-state index in [0.717, 1.165) is 33.4 Å². The third-order valence-electron chi connectivity index (χ3n) is 9.03. The van der Waals surface area contributed by atoms with Gasteiger partial charge < -0.3 is 0 Å². The van der Waals surface area contributed by atoms with Crippen molar-refractivity contribution in [2.75, 3.05) is 0 Å². The first-order chi connectivity index (χ1) is 26.0. The Bertz CT molecular complexity index is 2300. The molecule has 1 unspecified atom stereocenters. The van der Waals surface area contributed by atoms with Gasteiger partial charge in [-0.25, -0.2) is 0 Å². The Kier molecular flexibility index (Phi) is 11.0. The number of hydrogen-bond donors (Lipinski definition) is 2. The van der Waals surface area contributed by atoms with Crippen molar-refractivity contribution in [1.82, 2.24) is 9.72 Å². The minimum absolute atomic E-state index is 0.524. The molecule has 0 fully saturated rings. The number of nitrogens with one attached hydrogen (secondary N) is 2. The van der Waals surface area contributed by atoms with E-state index in [1.807, 2.05) is 166 Å². The van der Waals surface area contributed by atoms with Crippen LogP contribution in [0.25, 0.3) is 0 Å². The van der Waals surface area contributed by atoms with Gasteiger partial charge >= 0.3 is 320 Å². The maximum atomic E-state index is 7.11. The molecule has 0 aliphatic carbocycles. The molecule has 6 aromatic rings. The number of rotatable bonds is 12. The van der Waals surface area contributed by atoms with Gasteiger partial charge in [-0.15, -0.1) is 0 Å². The van der Waals surface area contributed by atoms with Crippen molar-refractivity contribution in [3.8, 4) is 34.5 Å². The second-order valence-corrected chi connectivity index (χ2v) is 20.6. The molecule has 2 N–H and O–H groups in total.